The largest absolute Gasteiger partial charge is 0.469 e. The highest BCUT2D eigenvalue weighted by Gasteiger charge is 2.07. The number of esters is 1. The van der Waals surface area contributed by atoms with E-state index in [9.17, 15) is 4.79 Å². The minimum Gasteiger partial charge on any atom is -0.469 e. The zero-order valence-corrected chi connectivity index (χ0v) is 11.6. The van der Waals surface area contributed by atoms with Crippen LogP contribution in [0.5, 0.6) is 0 Å². The van der Waals surface area contributed by atoms with Gasteiger partial charge in [0.05, 0.1) is 13.5 Å². The van der Waals surface area contributed by atoms with Gasteiger partial charge in [0.2, 0.25) is 0 Å². The lowest BCUT2D eigenvalue weighted by atomic mass is 10.2. The molecule has 1 atom stereocenters. The molecular formula is C12H25NO2S. The van der Waals surface area contributed by atoms with Crippen molar-refractivity contribution in [1.82, 2.24) is 5.32 Å². The zero-order chi connectivity index (χ0) is 12.2. The first-order valence-electron chi connectivity index (χ1n) is 6.12. The topological polar surface area (TPSA) is 38.3 Å². The summed E-state index contributed by atoms with van der Waals surface area (Å²) in [7, 11) is 1.44. The van der Waals surface area contributed by atoms with Crippen LogP contribution in [-0.2, 0) is 9.53 Å². The predicted octanol–water partition coefficient (Wildman–Crippen LogP) is 2.45. The Morgan fingerprint density at radius 3 is 2.69 bits per heavy atom. The van der Waals surface area contributed by atoms with Gasteiger partial charge in [-0.15, -0.1) is 0 Å². The lowest BCUT2D eigenvalue weighted by Crippen LogP contribution is -2.32. The third kappa shape index (κ3) is 9.04. The van der Waals surface area contributed by atoms with Gasteiger partial charge in [-0.1, -0.05) is 20.3 Å². The number of carbonyl (C=O) groups is 1. The fourth-order valence-electron chi connectivity index (χ4n) is 1.42. The number of methoxy groups -OCH3 is 1. The fourth-order valence-corrected chi connectivity index (χ4v) is 2.47. The van der Waals surface area contributed by atoms with Crippen LogP contribution in [0.4, 0.5) is 0 Å². The number of hydrogen-bond acceptors (Lipinski definition) is 4. The average Bonchev–Trinajstić information content (AvgIpc) is 2.30. The van der Waals surface area contributed by atoms with Gasteiger partial charge in [0.15, 0.2) is 0 Å². The van der Waals surface area contributed by atoms with E-state index in [0.717, 1.165) is 18.1 Å². The van der Waals surface area contributed by atoms with Crippen LogP contribution < -0.4 is 5.32 Å². The Morgan fingerprint density at radius 1 is 1.38 bits per heavy atom. The number of hydrogen-bond donors (Lipinski definition) is 1. The molecule has 1 N–H and O–H groups in total. The standard InChI is InChI=1S/C12H25NO2S/c1-4-6-11(13-8-5-2)10-16-9-7-12(14)15-3/h11,13H,4-10H2,1-3H3. The van der Waals surface area contributed by atoms with Crippen LogP contribution >= 0.6 is 11.8 Å². The molecule has 16 heavy (non-hydrogen) atoms. The van der Waals surface area contributed by atoms with Gasteiger partial charge in [0, 0.05) is 17.5 Å². The van der Waals surface area contributed by atoms with Gasteiger partial charge in [0.25, 0.3) is 0 Å². The van der Waals surface area contributed by atoms with Crippen LogP contribution in [0.25, 0.3) is 0 Å². The summed E-state index contributed by atoms with van der Waals surface area (Å²) < 4.78 is 4.60. The average molecular weight is 247 g/mol. The van der Waals surface area contributed by atoms with E-state index in [1.165, 1.54) is 26.4 Å². The molecule has 0 saturated carbocycles. The number of nitrogens with one attached hydrogen (secondary N) is 1. The van der Waals surface area contributed by atoms with E-state index in [0.29, 0.717) is 12.5 Å². The Balaban J connectivity index is 3.54. The van der Waals surface area contributed by atoms with Crippen molar-refractivity contribution in [2.45, 2.75) is 45.6 Å². The fraction of sp³-hybridized carbons (Fsp3) is 0.917. The molecule has 0 aliphatic heterocycles. The second-order valence-corrected chi connectivity index (χ2v) is 4.99. The molecule has 0 aliphatic rings. The summed E-state index contributed by atoms with van der Waals surface area (Å²) in [5, 5.41) is 3.54. The highest BCUT2D eigenvalue weighted by atomic mass is 32.2. The SMILES string of the molecule is CCCNC(CCC)CSCCC(=O)OC. The zero-order valence-electron chi connectivity index (χ0n) is 10.8. The molecule has 4 heteroatoms. The molecule has 0 radical (unpaired) electrons. The smallest absolute Gasteiger partial charge is 0.306 e. The summed E-state index contributed by atoms with van der Waals surface area (Å²) in [5.74, 6) is 1.84. The van der Waals surface area contributed by atoms with Crippen molar-refractivity contribution in [2.75, 3.05) is 25.2 Å². The molecular weight excluding hydrogens is 222 g/mol. The Bertz CT molecular complexity index is 176. The van der Waals surface area contributed by atoms with Crippen molar-refractivity contribution >= 4 is 17.7 Å². The third-order valence-electron chi connectivity index (χ3n) is 2.32. The lowest BCUT2D eigenvalue weighted by Gasteiger charge is -2.17. The molecule has 0 aromatic carbocycles. The van der Waals surface area contributed by atoms with Crippen molar-refractivity contribution in [3.63, 3.8) is 0 Å². The first kappa shape index (κ1) is 15.8. The van der Waals surface area contributed by atoms with Gasteiger partial charge < -0.3 is 10.1 Å². The summed E-state index contributed by atoms with van der Waals surface area (Å²) in [5.41, 5.74) is 0. The molecule has 0 heterocycles. The minimum atomic E-state index is -0.110. The third-order valence-corrected chi connectivity index (χ3v) is 3.45. The predicted molar refractivity (Wildman–Crippen MR) is 70.9 cm³/mol. The summed E-state index contributed by atoms with van der Waals surface area (Å²) in [6.07, 6.45) is 4.12. The second-order valence-electron chi connectivity index (χ2n) is 3.84. The van der Waals surface area contributed by atoms with Crippen LogP contribution in [0.1, 0.15) is 39.5 Å². The number of thioether (sulfide) groups is 1. The molecule has 0 fully saturated rings. The number of rotatable bonds is 10. The number of carbonyl (C=O) groups excluding carboxylic acids is 1. The maximum absolute atomic E-state index is 10.9. The second kappa shape index (κ2) is 11.3. The van der Waals surface area contributed by atoms with Crippen LogP contribution in [0, 0.1) is 0 Å². The van der Waals surface area contributed by atoms with E-state index in [2.05, 4.69) is 23.9 Å². The van der Waals surface area contributed by atoms with Gasteiger partial charge in [-0.25, -0.2) is 0 Å². The first-order valence-corrected chi connectivity index (χ1v) is 7.28. The molecule has 0 saturated heterocycles. The molecule has 96 valence electrons. The van der Waals surface area contributed by atoms with E-state index < -0.39 is 0 Å². The highest BCUT2D eigenvalue weighted by Crippen LogP contribution is 2.09. The normalized spacial score (nSPS) is 12.4. The van der Waals surface area contributed by atoms with Crippen LogP contribution in [0.2, 0.25) is 0 Å². The Hall–Kier alpha value is -0.220. The van der Waals surface area contributed by atoms with Crippen molar-refractivity contribution in [2.24, 2.45) is 0 Å². The van der Waals surface area contributed by atoms with Gasteiger partial charge >= 0.3 is 5.97 Å². The Morgan fingerprint density at radius 2 is 2.12 bits per heavy atom. The molecule has 1 unspecified atom stereocenters. The van der Waals surface area contributed by atoms with Crippen molar-refractivity contribution in [3.05, 3.63) is 0 Å². The van der Waals surface area contributed by atoms with Crippen molar-refractivity contribution < 1.29 is 9.53 Å². The lowest BCUT2D eigenvalue weighted by molar-refractivity contribution is -0.140. The maximum atomic E-state index is 10.9. The van der Waals surface area contributed by atoms with Gasteiger partial charge in [0.1, 0.15) is 0 Å². The quantitative estimate of drug-likeness (QED) is 0.475. The van der Waals surface area contributed by atoms with E-state index in [1.54, 1.807) is 0 Å². The summed E-state index contributed by atoms with van der Waals surface area (Å²) in [4.78, 5) is 10.9. The van der Waals surface area contributed by atoms with Gasteiger partial charge in [-0.3, -0.25) is 4.79 Å². The highest BCUT2D eigenvalue weighted by molar-refractivity contribution is 7.99. The summed E-state index contributed by atoms with van der Waals surface area (Å²) >= 11 is 1.83. The Labute approximate surface area is 104 Å². The van der Waals surface area contributed by atoms with Crippen LogP contribution in [-0.4, -0.2) is 37.2 Å². The maximum Gasteiger partial charge on any atom is 0.306 e. The molecule has 0 aliphatic carbocycles. The van der Waals surface area contributed by atoms with E-state index in [-0.39, 0.29) is 5.97 Å². The molecule has 0 spiro atoms. The first-order chi connectivity index (χ1) is 7.74. The molecule has 0 rings (SSSR count). The van der Waals surface area contributed by atoms with Crippen LogP contribution in [0.15, 0.2) is 0 Å². The van der Waals surface area contributed by atoms with Gasteiger partial charge in [-0.05, 0) is 19.4 Å². The molecule has 0 bridgehead atoms. The van der Waals surface area contributed by atoms with E-state index >= 15 is 0 Å². The van der Waals surface area contributed by atoms with Crippen molar-refractivity contribution in [3.8, 4) is 0 Å². The van der Waals surface area contributed by atoms with Gasteiger partial charge in [-0.2, -0.15) is 11.8 Å². The number of ether oxygens (including phenoxy) is 1. The molecule has 0 aromatic heterocycles. The minimum absolute atomic E-state index is 0.110. The summed E-state index contributed by atoms with van der Waals surface area (Å²) in [6.45, 7) is 5.47. The van der Waals surface area contributed by atoms with E-state index in [1.807, 2.05) is 11.8 Å². The molecule has 3 nitrogen and oxygen atoms in total. The summed E-state index contributed by atoms with van der Waals surface area (Å²) in [6, 6.07) is 0.590. The van der Waals surface area contributed by atoms with Crippen LogP contribution in [0.3, 0.4) is 0 Å². The molecule has 0 amide bonds. The molecule has 0 aromatic rings. The Kier molecular flexibility index (Phi) is 11.1. The van der Waals surface area contributed by atoms with E-state index in [4.69, 9.17) is 0 Å². The van der Waals surface area contributed by atoms with Crippen molar-refractivity contribution in [1.29, 1.82) is 0 Å². The monoisotopic (exact) mass is 247 g/mol.